The highest BCUT2D eigenvalue weighted by Crippen LogP contribution is 2.36. The number of nitrogens with one attached hydrogen (secondary N) is 1. The van der Waals surface area contributed by atoms with Crippen molar-refractivity contribution in [3.8, 4) is 0 Å². The number of nitrogens with zero attached hydrogens (tertiary/aromatic N) is 1. The fourth-order valence-electron chi connectivity index (χ4n) is 3.73. The lowest BCUT2D eigenvalue weighted by molar-refractivity contribution is -0.143. The number of carbonyl (C=O) groups excluding carboxylic acids is 1. The minimum atomic E-state index is -4.14. The molecule has 3 rings (SSSR count). The van der Waals surface area contributed by atoms with Crippen molar-refractivity contribution < 1.29 is 27.5 Å². The minimum Gasteiger partial charge on any atom is -0.480 e. The molecule has 1 aliphatic heterocycles. The van der Waals surface area contributed by atoms with E-state index in [-0.39, 0.29) is 34.3 Å². The summed E-state index contributed by atoms with van der Waals surface area (Å²) in [4.78, 5) is 24.8. The second-order valence-corrected chi connectivity index (χ2v) is 10.5. The molecule has 2 atom stereocenters. The van der Waals surface area contributed by atoms with E-state index in [2.05, 4.69) is 5.32 Å². The predicted molar refractivity (Wildman–Crippen MR) is 118 cm³/mol. The van der Waals surface area contributed by atoms with Crippen molar-refractivity contribution in [3.63, 3.8) is 0 Å². The molecule has 32 heavy (non-hydrogen) atoms. The fraction of sp³-hybridized carbons (Fsp3) is 0.333. The highest BCUT2D eigenvalue weighted by Gasteiger charge is 2.50. The van der Waals surface area contributed by atoms with Crippen LogP contribution >= 0.6 is 23.2 Å². The number of aliphatic carboxylic acids is 1. The molecular formula is C21H21Cl2FN2O5S. The van der Waals surface area contributed by atoms with Gasteiger partial charge in [0.25, 0.3) is 0 Å². The number of sulfonamides is 1. The quantitative estimate of drug-likeness (QED) is 0.602. The number of carboxylic acids is 1. The molecule has 172 valence electrons. The molecular weight excluding hydrogens is 482 g/mol. The van der Waals surface area contributed by atoms with Gasteiger partial charge in [0.1, 0.15) is 17.4 Å². The minimum absolute atomic E-state index is 0.0755. The molecule has 0 saturated carbocycles. The first-order valence-electron chi connectivity index (χ1n) is 9.70. The molecule has 1 saturated heterocycles. The summed E-state index contributed by atoms with van der Waals surface area (Å²) in [6, 6.07) is 7.79. The van der Waals surface area contributed by atoms with Gasteiger partial charge in [0.2, 0.25) is 15.9 Å². The summed E-state index contributed by atoms with van der Waals surface area (Å²) in [7, 11) is -4.14. The number of halogens is 3. The monoisotopic (exact) mass is 502 g/mol. The van der Waals surface area contributed by atoms with Crippen LogP contribution in [0.4, 0.5) is 4.39 Å². The number of hydrogen-bond acceptors (Lipinski definition) is 4. The smallest absolute Gasteiger partial charge is 0.326 e. The third-order valence-electron chi connectivity index (χ3n) is 5.44. The maximum absolute atomic E-state index is 13.3. The van der Waals surface area contributed by atoms with E-state index in [9.17, 15) is 27.5 Å². The molecule has 0 unspecified atom stereocenters. The first-order chi connectivity index (χ1) is 14.9. The molecule has 0 spiro atoms. The summed E-state index contributed by atoms with van der Waals surface area (Å²) < 4.78 is 40.7. The van der Waals surface area contributed by atoms with Gasteiger partial charge in [0.15, 0.2) is 0 Å². The lowest BCUT2D eigenvalue weighted by atomic mass is 9.97. The zero-order valence-electron chi connectivity index (χ0n) is 17.0. The molecule has 0 aliphatic carbocycles. The molecule has 2 aromatic carbocycles. The van der Waals surface area contributed by atoms with Gasteiger partial charge in [-0.3, -0.25) is 4.79 Å². The standard InChI is InChI=1S/C21H21Cl2FN2O5S/c1-21(20(29)25-18(19(27)28)9-13-3-5-16(24)6-4-13)7-2-8-26(21)32(30,31)17-11-14(22)10-15(23)12-17/h3-6,10-12,18H,2,7-9H2,1H3,(H,25,29)(H,27,28)/t18-,21-/m0/s1. The Morgan fingerprint density at radius 3 is 2.34 bits per heavy atom. The number of rotatable bonds is 7. The molecule has 1 aliphatic rings. The third-order valence-corrected chi connectivity index (χ3v) is 7.88. The molecule has 1 amide bonds. The first-order valence-corrected chi connectivity index (χ1v) is 11.9. The zero-order chi connectivity index (χ0) is 23.7. The maximum atomic E-state index is 13.3. The summed E-state index contributed by atoms with van der Waals surface area (Å²) >= 11 is 11.9. The van der Waals surface area contributed by atoms with Crippen molar-refractivity contribution in [1.82, 2.24) is 9.62 Å². The number of amides is 1. The molecule has 0 radical (unpaired) electrons. The van der Waals surface area contributed by atoms with Gasteiger partial charge in [-0.1, -0.05) is 35.3 Å². The average molecular weight is 503 g/mol. The van der Waals surface area contributed by atoms with E-state index in [0.29, 0.717) is 12.0 Å². The summed E-state index contributed by atoms with van der Waals surface area (Å²) in [5.74, 6) is -2.49. The van der Waals surface area contributed by atoms with E-state index < -0.39 is 39.3 Å². The van der Waals surface area contributed by atoms with Crippen LogP contribution < -0.4 is 5.32 Å². The fourth-order valence-corrected chi connectivity index (χ4v) is 6.26. The van der Waals surface area contributed by atoms with Crippen LogP contribution in [0.5, 0.6) is 0 Å². The van der Waals surface area contributed by atoms with Crippen LogP contribution in [0.15, 0.2) is 47.4 Å². The van der Waals surface area contributed by atoms with Gasteiger partial charge in [-0.25, -0.2) is 17.6 Å². The molecule has 1 fully saturated rings. The Morgan fingerprint density at radius 1 is 1.19 bits per heavy atom. The number of benzene rings is 2. The van der Waals surface area contributed by atoms with Crippen molar-refractivity contribution in [1.29, 1.82) is 0 Å². The van der Waals surface area contributed by atoms with E-state index in [1.165, 1.54) is 49.4 Å². The van der Waals surface area contributed by atoms with E-state index in [0.717, 1.165) is 4.31 Å². The van der Waals surface area contributed by atoms with Crippen molar-refractivity contribution >= 4 is 45.1 Å². The Hall–Kier alpha value is -2.20. The van der Waals surface area contributed by atoms with Crippen molar-refractivity contribution in [2.24, 2.45) is 0 Å². The normalized spacial score (nSPS) is 20.1. The van der Waals surface area contributed by atoms with E-state index in [1.54, 1.807) is 0 Å². The largest absolute Gasteiger partial charge is 0.480 e. The molecule has 11 heteroatoms. The Morgan fingerprint density at radius 2 is 1.78 bits per heavy atom. The molecule has 1 heterocycles. The van der Waals surface area contributed by atoms with Gasteiger partial charge in [0, 0.05) is 23.0 Å². The van der Waals surface area contributed by atoms with Gasteiger partial charge in [0.05, 0.1) is 4.90 Å². The first kappa shape index (κ1) is 24.4. The molecule has 2 N–H and O–H groups in total. The molecule has 0 aromatic heterocycles. The SMILES string of the molecule is C[C@@]1(C(=O)N[C@@H](Cc2ccc(F)cc2)C(=O)O)CCCN1S(=O)(=O)c1cc(Cl)cc(Cl)c1. The summed E-state index contributed by atoms with van der Waals surface area (Å²) in [5, 5.41) is 12.3. The molecule has 0 bridgehead atoms. The van der Waals surface area contributed by atoms with Crippen LogP contribution in [0, 0.1) is 5.82 Å². The van der Waals surface area contributed by atoms with Crippen LogP contribution in [-0.4, -0.2) is 47.8 Å². The third kappa shape index (κ3) is 5.06. The molecule has 2 aromatic rings. The van der Waals surface area contributed by atoms with Crippen LogP contribution in [-0.2, 0) is 26.0 Å². The van der Waals surface area contributed by atoms with E-state index in [1.807, 2.05) is 0 Å². The summed E-state index contributed by atoms with van der Waals surface area (Å²) in [6.45, 7) is 1.53. The van der Waals surface area contributed by atoms with E-state index in [4.69, 9.17) is 23.2 Å². The average Bonchev–Trinajstić information content (AvgIpc) is 3.12. The van der Waals surface area contributed by atoms with Crippen molar-refractivity contribution in [3.05, 3.63) is 63.9 Å². The summed E-state index contributed by atoms with van der Waals surface area (Å²) in [5.41, 5.74) is -1.00. The van der Waals surface area contributed by atoms with Crippen LogP contribution in [0.25, 0.3) is 0 Å². The second-order valence-electron chi connectivity index (χ2n) is 7.75. The summed E-state index contributed by atoms with van der Waals surface area (Å²) in [6.07, 6.45) is 0.524. The van der Waals surface area contributed by atoms with Gasteiger partial charge in [-0.15, -0.1) is 0 Å². The van der Waals surface area contributed by atoms with Crippen LogP contribution in [0.2, 0.25) is 10.0 Å². The lowest BCUT2D eigenvalue weighted by Crippen LogP contribution is -2.58. The Kier molecular flexibility index (Phi) is 7.14. The maximum Gasteiger partial charge on any atom is 0.326 e. The highest BCUT2D eigenvalue weighted by atomic mass is 35.5. The van der Waals surface area contributed by atoms with Gasteiger partial charge in [-0.05, 0) is 55.7 Å². The number of hydrogen-bond donors (Lipinski definition) is 2. The number of carboxylic acid groups (broad SMARTS) is 1. The van der Waals surface area contributed by atoms with E-state index >= 15 is 0 Å². The van der Waals surface area contributed by atoms with Crippen molar-refractivity contribution in [2.75, 3.05) is 6.54 Å². The Bertz CT molecular complexity index is 1120. The van der Waals surface area contributed by atoms with Crippen molar-refractivity contribution in [2.45, 2.75) is 42.7 Å². The van der Waals surface area contributed by atoms with Gasteiger partial charge in [-0.2, -0.15) is 4.31 Å². The highest BCUT2D eigenvalue weighted by molar-refractivity contribution is 7.89. The Balaban J connectivity index is 1.86. The number of carbonyl (C=O) groups is 2. The van der Waals surface area contributed by atoms with Gasteiger partial charge >= 0.3 is 5.97 Å². The zero-order valence-corrected chi connectivity index (χ0v) is 19.3. The lowest BCUT2D eigenvalue weighted by Gasteiger charge is -2.34. The van der Waals surface area contributed by atoms with Crippen LogP contribution in [0.1, 0.15) is 25.3 Å². The second kappa shape index (κ2) is 9.35. The predicted octanol–water partition coefficient (Wildman–Crippen LogP) is 3.49. The van der Waals surface area contributed by atoms with Crippen LogP contribution in [0.3, 0.4) is 0 Å². The Labute approximate surface area is 195 Å². The molecule has 7 nitrogen and oxygen atoms in total. The topological polar surface area (TPSA) is 104 Å². The van der Waals surface area contributed by atoms with Gasteiger partial charge < -0.3 is 10.4 Å².